The standard InChI is InChI=1S/C7H6F2N/c1-4-6(9)2-5(8)3-7(4)10/h3H,10H2,1H3. The lowest BCUT2D eigenvalue weighted by Crippen LogP contribution is -1.94. The number of hydrogen-bond donors (Lipinski definition) is 1. The summed E-state index contributed by atoms with van der Waals surface area (Å²) in [4.78, 5) is 0. The topological polar surface area (TPSA) is 26.0 Å². The third kappa shape index (κ3) is 1.07. The molecule has 0 saturated carbocycles. The smallest absolute Gasteiger partial charge is 0.139 e. The van der Waals surface area contributed by atoms with Gasteiger partial charge in [-0.25, -0.2) is 8.78 Å². The first kappa shape index (κ1) is 6.99. The normalized spacial score (nSPS) is 9.90. The predicted octanol–water partition coefficient (Wildman–Crippen LogP) is 1.66. The van der Waals surface area contributed by atoms with Crippen molar-refractivity contribution in [3.63, 3.8) is 0 Å². The van der Waals surface area contributed by atoms with Gasteiger partial charge in [-0.15, -0.1) is 0 Å². The highest BCUT2D eigenvalue weighted by Gasteiger charge is 2.03. The van der Waals surface area contributed by atoms with Gasteiger partial charge in [0.05, 0.1) is 6.07 Å². The SMILES string of the molecule is Cc1c(F)[c]c(F)cc1N. The molecule has 1 aromatic carbocycles. The van der Waals surface area contributed by atoms with Crippen LogP contribution in [-0.4, -0.2) is 0 Å². The minimum Gasteiger partial charge on any atom is -0.398 e. The van der Waals surface area contributed by atoms with Gasteiger partial charge in [-0.1, -0.05) is 0 Å². The van der Waals surface area contributed by atoms with Crippen molar-refractivity contribution in [1.29, 1.82) is 0 Å². The molecule has 1 aromatic rings. The molecule has 10 heavy (non-hydrogen) atoms. The number of halogens is 2. The van der Waals surface area contributed by atoms with Crippen LogP contribution in [0.3, 0.4) is 0 Å². The first-order chi connectivity index (χ1) is 4.61. The Morgan fingerprint density at radius 1 is 1.50 bits per heavy atom. The zero-order chi connectivity index (χ0) is 7.72. The fourth-order valence-electron chi connectivity index (χ4n) is 0.606. The molecule has 0 spiro atoms. The highest BCUT2D eigenvalue weighted by molar-refractivity contribution is 5.46. The van der Waals surface area contributed by atoms with Crippen LogP contribution in [0, 0.1) is 24.6 Å². The van der Waals surface area contributed by atoms with E-state index in [1.165, 1.54) is 6.92 Å². The van der Waals surface area contributed by atoms with E-state index in [0.717, 1.165) is 6.07 Å². The Morgan fingerprint density at radius 2 is 2.10 bits per heavy atom. The van der Waals surface area contributed by atoms with Crippen LogP contribution < -0.4 is 5.73 Å². The van der Waals surface area contributed by atoms with E-state index in [0.29, 0.717) is 0 Å². The quantitative estimate of drug-likeness (QED) is 0.547. The minimum atomic E-state index is -0.763. The summed E-state index contributed by atoms with van der Waals surface area (Å²) in [6.45, 7) is 1.47. The summed E-state index contributed by atoms with van der Waals surface area (Å²) in [6.07, 6.45) is 0. The van der Waals surface area contributed by atoms with Crippen LogP contribution in [0.4, 0.5) is 14.5 Å². The molecular formula is C7H6F2N. The minimum absolute atomic E-state index is 0.119. The van der Waals surface area contributed by atoms with Crippen molar-refractivity contribution in [3.8, 4) is 0 Å². The van der Waals surface area contributed by atoms with Crippen molar-refractivity contribution in [3.05, 3.63) is 29.3 Å². The van der Waals surface area contributed by atoms with Crippen molar-refractivity contribution in [2.45, 2.75) is 6.92 Å². The Kier molecular flexibility index (Phi) is 1.57. The van der Waals surface area contributed by atoms with Gasteiger partial charge in [0, 0.05) is 11.3 Å². The van der Waals surface area contributed by atoms with Gasteiger partial charge in [-0.3, -0.25) is 0 Å². The van der Waals surface area contributed by atoms with Gasteiger partial charge in [0.1, 0.15) is 11.6 Å². The van der Waals surface area contributed by atoms with Crippen molar-refractivity contribution in [2.75, 3.05) is 5.73 Å². The van der Waals surface area contributed by atoms with Gasteiger partial charge in [0.25, 0.3) is 0 Å². The second-order valence-electron chi connectivity index (χ2n) is 2.01. The Morgan fingerprint density at radius 3 is 2.60 bits per heavy atom. The van der Waals surface area contributed by atoms with E-state index in [1.54, 1.807) is 0 Å². The van der Waals surface area contributed by atoms with Gasteiger partial charge in [0.15, 0.2) is 0 Å². The predicted molar refractivity (Wildman–Crippen MR) is 34.3 cm³/mol. The summed E-state index contributed by atoms with van der Waals surface area (Å²) in [5.74, 6) is -1.49. The number of benzene rings is 1. The molecule has 0 fully saturated rings. The van der Waals surface area contributed by atoms with Crippen molar-refractivity contribution < 1.29 is 8.78 Å². The average molecular weight is 142 g/mol. The maximum atomic E-state index is 12.5. The van der Waals surface area contributed by atoms with Crippen molar-refractivity contribution >= 4 is 5.69 Å². The van der Waals surface area contributed by atoms with Crippen molar-refractivity contribution in [2.24, 2.45) is 0 Å². The molecule has 3 heteroatoms. The fraction of sp³-hybridized carbons (Fsp3) is 0.143. The lowest BCUT2D eigenvalue weighted by molar-refractivity contribution is 0.575. The Labute approximate surface area is 57.5 Å². The summed E-state index contributed by atoms with van der Waals surface area (Å²) < 4.78 is 24.7. The van der Waals surface area contributed by atoms with Crippen LogP contribution in [0.25, 0.3) is 0 Å². The molecule has 0 bridgehead atoms. The van der Waals surface area contributed by atoms with Crippen LogP contribution in [0.2, 0.25) is 0 Å². The molecule has 1 nitrogen and oxygen atoms in total. The molecule has 0 aliphatic carbocycles. The van der Waals surface area contributed by atoms with Gasteiger partial charge >= 0.3 is 0 Å². The Hall–Kier alpha value is -1.12. The molecule has 2 N–H and O–H groups in total. The molecule has 0 unspecified atom stereocenters. The van der Waals surface area contributed by atoms with E-state index in [1.807, 2.05) is 6.07 Å². The molecule has 0 saturated heterocycles. The van der Waals surface area contributed by atoms with Gasteiger partial charge in [-0.05, 0) is 13.0 Å². The monoisotopic (exact) mass is 142 g/mol. The van der Waals surface area contributed by atoms with Crippen molar-refractivity contribution in [1.82, 2.24) is 0 Å². The maximum Gasteiger partial charge on any atom is 0.139 e. The number of nitrogen functional groups attached to an aromatic ring is 1. The molecule has 0 amide bonds. The summed E-state index contributed by atoms with van der Waals surface area (Å²) >= 11 is 0. The Balaban J connectivity index is 3.31. The van der Waals surface area contributed by atoms with Gasteiger partial charge < -0.3 is 5.73 Å². The van der Waals surface area contributed by atoms with E-state index in [4.69, 9.17) is 5.73 Å². The lowest BCUT2D eigenvalue weighted by Gasteiger charge is -1.99. The Bertz CT molecular complexity index is 235. The summed E-state index contributed by atoms with van der Waals surface area (Å²) in [5.41, 5.74) is 5.58. The van der Waals surface area contributed by atoms with E-state index < -0.39 is 11.6 Å². The second kappa shape index (κ2) is 2.25. The molecule has 0 aliphatic rings. The average Bonchev–Trinajstić information content (AvgIpc) is 1.82. The van der Waals surface area contributed by atoms with Gasteiger partial charge in [-0.2, -0.15) is 0 Å². The van der Waals surface area contributed by atoms with Crippen LogP contribution in [-0.2, 0) is 0 Å². The molecular weight excluding hydrogens is 136 g/mol. The van der Waals surface area contributed by atoms with E-state index in [9.17, 15) is 8.78 Å². The van der Waals surface area contributed by atoms with Crippen LogP contribution in [0.1, 0.15) is 5.56 Å². The summed E-state index contributed by atoms with van der Waals surface area (Å²) in [6, 6.07) is 2.91. The maximum absolute atomic E-state index is 12.5. The molecule has 1 rings (SSSR count). The number of anilines is 1. The first-order valence-electron chi connectivity index (χ1n) is 2.74. The third-order valence-corrected chi connectivity index (χ3v) is 1.27. The molecule has 1 radical (unpaired) electrons. The molecule has 0 aliphatic heterocycles. The summed E-state index contributed by atoms with van der Waals surface area (Å²) in [7, 11) is 0. The third-order valence-electron chi connectivity index (χ3n) is 1.27. The van der Waals surface area contributed by atoms with Crippen LogP contribution in [0.15, 0.2) is 6.07 Å². The van der Waals surface area contributed by atoms with Crippen LogP contribution >= 0.6 is 0 Å². The fourth-order valence-corrected chi connectivity index (χ4v) is 0.606. The number of hydrogen-bond acceptors (Lipinski definition) is 1. The molecule has 53 valence electrons. The second-order valence-corrected chi connectivity index (χ2v) is 2.01. The highest BCUT2D eigenvalue weighted by atomic mass is 19.1. The van der Waals surface area contributed by atoms with Gasteiger partial charge in [0.2, 0.25) is 0 Å². The summed E-state index contributed by atoms with van der Waals surface area (Å²) in [5, 5.41) is 0. The zero-order valence-electron chi connectivity index (χ0n) is 5.41. The highest BCUT2D eigenvalue weighted by Crippen LogP contribution is 2.15. The largest absolute Gasteiger partial charge is 0.398 e. The van der Waals surface area contributed by atoms with Crippen LogP contribution in [0.5, 0.6) is 0 Å². The number of rotatable bonds is 0. The molecule has 0 atom stereocenters. The zero-order valence-corrected chi connectivity index (χ0v) is 5.41. The molecule has 0 heterocycles. The number of nitrogens with two attached hydrogens (primary N) is 1. The first-order valence-corrected chi connectivity index (χ1v) is 2.74. The van der Waals surface area contributed by atoms with E-state index in [-0.39, 0.29) is 11.3 Å². The van der Waals surface area contributed by atoms with E-state index in [2.05, 4.69) is 0 Å². The van der Waals surface area contributed by atoms with E-state index >= 15 is 0 Å². The molecule has 0 aromatic heterocycles. The lowest BCUT2D eigenvalue weighted by atomic mass is 10.2.